The number of aryl methyl sites for hydroxylation is 2. The molecule has 0 amide bonds. The average molecular weight is 359 g/mol. The lowest BCUT2D eigenvalue weighted by Gasteiger charge is -2.09. The molecule has 108 valence electrons. The topological polar surface area (TPSA) is 71.3 Å². The first-order chi connectivity index (χ1) is 9.33. The Morgan fingerprint density at radius 3 is 2.65 bits per heavy atom. The van der Waals surface area contributed by atoms with Crippen LogP contribution in [0, 0.1) is 6.92 Å². The fourth-order valence-electron chi connectivity index (χ4n) is 1.79. The number of anilines is 1. The van der Waals surface area contributed by atoms with Crippen molar-refractivity contribution in [3.63, 3.8) is 0 Å². The molecule has 0 saturated carbocycles. The van der Waals surface area contributed by atoms with Crippen molar-refractivity contribution in [1.82, 2.24) is 4.57 Å². The number of nitrogens with zero attached hydrogens (tertiary/aromatic N) is 1. The van der Waals surface area contributed by atoms with Crippen molar-refractivity contribution < 1.29 is 13.5 Å². The Balaban J connectivity index is 2.37. The van der Waals surface area contributed by atoms with E-state index in [4.69, 9.17) is 5.11 Å². The van der Waals surface area contributed by atoms with Gasteiger partial charge in [-0.3, -0.25) is 4.72 Å². The molecule has 7 heteroatoms. The van der Waals surface area contributed by atoms with Gasteiger partial charge in [0, 0.05) is 23.4 Å². The monoisotopic (exact) mass is 358 g/mol. The summed E-state index contributed by atoms with van der Waals surface area (Å²) in [6, 6.07) is 6.84. The number of hydrogen-bond acceptors (Lipinski definition) is 3. The van der Waals surface area contributed by atoms with Gasteiger partial charge in [-0.05, 0) is 30.7 Å². The number of hydrogen-bond donors (Lipinski definition) is 2. The lowest BCUT2D eigenvalue weighted by Crippen LogP contribution is -2.13. The lowest BCUT2D eigenvalue weighted by atomic mass is 10.2. The zero-order valence-electron chi connectivity index (χ0n) is 11.1. The molecule has 0 saturated heterocycles. The summed E-state index contributed by atoms with van der Waals surface area (Å²) < 4.78 is 29.6. The molecular weight excluding hydrogens is 344 g/mol. The minimum absolute atomic E-state index is 0.128. The highest BCUT2D eigenvalue weighted by molar-refractivity contribution is 9.10. The minimum Gasteiger partial charge on any atom is -0.390 e. The van der Waals surface area contributed by atoms with Gasteiger partial charge in [-0.1, -0.05) is 22.0 Å². The van der Waals surface area contributed by atoms with E-state index in [1.165, 1.54) is 12.3 Å². The van der Waals surface area contributed by atoms with Gasteiger partial charge in [0.15, 0.2) is 0 Å². The quantitative estimate of drug-likeness (QED) is 0.881. The number of aromatic nitrogens is 1. The maximum absolute atomic E-state index is 12.3. The lowest BCUT2D eigenvalue weighted by molar-refractivity contribution is 0.272. The second-order valence-electron chi connectivity index (χ2n) is 4.50. The smallest absolute Gasteiger partial charge is 0.263 e. The van der Waals surface area contributed by atoms with Crippen molar-refractivity contribution in [3.8, 4) is 0 Å². The summed E-state index contributed by atoms with van der Waals surface area (Å²) in [5.41, 5.74) is 1.89. The summed E-state index contributed by atoms with van der Waals surface area (Å²) in [5, 5.41) is 9.13. The predicted octanol–water partition coefficient (Wildman–Crippen LogP) is 2.39. The summed E-state index contributed by atoms with van der Waals surface area (Å²) in [4.78, 5) is 0.128. The SMILES string of the molecule is Cc1ccc(Br)cc1NS(=O)(=O)c1cc(CO)n(C)c1. The number of benzene rings is 1. The summed E-state index contributed by atoms with van der Waals surface area (Å²) in [5.74, 6) is 0. The first-order valence-corrected chi connectivity index (χ1v) is 8.16. The summed E-state index contributed by atoms with van der Waals surface area (Å²) in [7, 11) is -1.98. The van der Waals surface area contributed by atoms with E-state index in [1.807, 2.05) is 19.1 Å². The van der Waals surface area contributed by atoms with Crippen LogP contribution in [0.2, 0.25) is 0 Å². The third-order valence-corrected chi connectivity index (χ3v) is 4.82. The molecular formula is C13H15BrN2O3S. The second kappa shape index (κ2) is 5.59. The minimum atomic E-state index is -3.67. The average Bonchev–Trinajstić information content (AvgIpc) is 2.76. The zero-order valence-corrected chi connectivity index (χ0v) is 13.5. The largest absolute Gasteiger partial charge is 0.390 e. The Bertz CT molecular complexity index is 738. The molecule has 0 radical (unpaired) electrons. The van der Waals surface area contributed by atoms with Gasteiger partial charge in [0.2, 0.25) is 0 Å². The van der Waals surface area contributed by atoms with Gasteiger partial charge in [0.1, 0.15) is 4.90 Å². The van der Waals surface area contributed by atoms with E-state index in [0.29, 0.717) is 11.4 Å². The summed E-state index contributed by atoms with van der Waals surface area (Å²) >= 11 is 3.32. The molecule has 1 heterocycles. The molecule has 0 spiro atoms. The molecule has 2 rings (SSSR count). The van der Waals surface area contributed by atoms with Gasteiger partial charge in [0.25, 0.3) is 10.0 Å². The highest BCUT2D eigenvalue weighted by atomic mass is 79.9. The maximum atomic E-state index is 12.3. The van der Waals surface area contributed by atoms with Crippen molar-refractivity contribution in [1.29, 1.82) is 0 Å². The fourth-order valence-corrected chi connectivity index (χ4v) is 3.37. The highest BCUT2D eigenvalue weighted by Crippen LogP contribution is 2.24. The molecule has 0 bridgehead atoms. The van der Waals surface area contributed by atoms with Crippen LogP contribution in [0.15, 0.2) is 39.8 Å². The molecule has 0 fully saturated rings. The van der Waals surface area contributed by atoms with Gasteiger partial charge in [-0.15, -0.1) is 0 Å². The van der Waals surface area contributed by atoms with Crippen LogP contribution in [0.5, 0.6) is 0 Å². The van der Waals surface area contributed by atoms with Gasteiger partial charge < -0.3 is 9.67 Å². The molecule has 1 aromatic carbocycles. The Kier molecular flexibility index (Phi) is 4.22. The van der Waals surface area contributed by atoms with E-state index >= 15 is 0 Å². The third-order valence-electron chi connectivity index (χ3n) is 3.00. The van der Waals surface area contributed by atoms with E-state index < -0.39 is 10.0 Å². The molecule has 20 heavy (non-hydrogen) atoms. The standard InChI is InChI=1S/C13H15BrN2O3S/c1-9-3-4-10(14)5-13(9)15-20(18,19)12-6-11(8-17)16(2)7-12/h3-7,15,17H,8H2,1-2H3. The van der Waals surface area contributed by atoms with Crippen LogP contribution in [-0.4, -0.2) is 18.1 Å². The second-order valence-corrected chi connectivity index (χ2v) is 7.10. The number of nitrogens with one attached hydrogen (secondary N) is 1. The Morgan fingerprint density at radius 1 is 1.35 bits per heavy atom. The molecule has 0 atom stereocenters. The van der Waals surface area contributed by atoms with Crippen LogP contribution in [0.4, 0.5) is 5.69 Å². The molecule has 0 aliphatic carbocycles. The number of rotatable bonds is 4. The molecule has 2 aromatic rings. The first kappa shape index (κ1) is 15.1. The Morgan fingerprint density at radius 2 is 2.05 bits per heavy atom. The van der Waals surface area contributed by atoms with E-state index in [0.717, 1.165) is 10.0 Å². The van der Waals surface area contributed by atoms with E-state index in [2.05, 4.69) is 20.7 Å². The van der Waals surface area contributed by atoms with Crippen molar-refractivity contribution in [2.45, 2.75) is 18.4 Å². The van der Waals surface area contributed by atoms with Crippen LogP contribution < -0.4 is 4.72 Å². The van der Waals surface area contributed by atoms with Crippen LogP contribution in [0.1, 0.15) is 11.3 Å². The van der Waals surface area contributed by atoms with E-state index in [1.54, 1.807) is 17.7 Å². The Labute approximate surface area is 126 Å². The van der Waals surface area contributed by atoms with Crippen LogP contribution in [-0.2, 0) is 23.7 Å². The van der Waals surface area contributed by atoms with Crippen molar-refractivity contribution in [2.24, 2.45) is 7.05 Å². The Hall–Kier alpha value is -1.31. The van der Waals surface area contributed by atoms with Gasteiger partial charge in [-0.2, -0.15) is 0 Å². The molecule has 0 unspecified atom stereocenters. The predicted molar refractivity (Wildman–Crippen MR) is 81.0 cm³/mol. The zero-order chi connectivity index (χ0) is 14.9. The van der Waals surface area contributed by atoms with Crippen molar-refractivity contribution in [3.05, 3.63) is 46.2 Å². The third kappa shape index (κ3) is 3.05. The molecule has 2 N–H and O–H groups in total. The molecule has 0 aliphatic heterocycles. The van der Waals surface area contributed by atoms with Gasteiger partial charge >= 0.3 is 0 Å². The summed E-state index contributed by atoms with van der Waals surface area (Å²) in [6.45, 7) is 1.62. The summed E-state index contributed by atoms with van der Waals surface area (Å²) in [6.07, 6.45) is 1.47. The van der Waals surface area contributed by atoms with Crippen molar-refractivity contribution in [2.75, 3.05) is 4.72 Å². The van der Waals surface area contributed by atoms with E-state index in [9.17, 15) is 8.42 Å². The normalized spacial score (nSPS) is 11.6. The van der Waals surface area contributed by atoms with Gasteiger partial charge in [-0.25, -0.2) is 8.42 Å². The van der Waals surface area contributed by atoms with Crippen LogP contribution in [0.25, 0.3) is 0 Å². The molecule has 5 nitrogen and oxygen atoms in total. The molecule has 0 aliphatic rings. The first-order valence-electron chi connectivity index (χ1n) is 5.88. The van der Waals surface area contributed by atoms with Crippen LogP contribution >= 0.6 is 15.9 Å². The van der Waals surface area contributed by atoms with Crippen LogP contribution in [0.3, 0.4) is 0 Å². The number of sulfonamides is 1. The fraction of sp³-hybridized carbons (Fsp3) is 0.231. The van der Waals surface area contributed by atoms with E-state index in [-0.39, 0.29) is 11.5 Å². The number of aliphatic hydroxyl groups excluding tert-OH is 1. The van der Waals surface area contributed by atoms with Gasteiger partial charge in [0.05, 0.1) is 12.3 Å². The highest BCUT2D eigenvalue weighted by Gasteiger charge is 2.18. The number of halogens is 1. The maximum Gasteiger partial charge on any atom is 0.263 e. The molecule has 1 aromatic heterocycles. The number of aliphatic hydroxyl groups is 1. The van der Waals surface area contributed by atoms with Crippen molar-refractivity contribution >= 4 is 31.6 Å².